The maximum Gasteiger partial charge on any atom is 0.0324 e. The van der Waals surface area contributed by atoms with Gasteiger partial charge in [-0.05, 0) is 44.4 Å². The molecule has 2 atom stereocenters. The molecule has 1 heterocycles. The van der Waals surface area contributed by atoms with E-state index in [0.29, 0.717) is 17.6 Å². The Labute approximate surface area is 137 Å². The molecule has 3 heteroatoms. The summed E-state index contributed by atoms with van der Waals surface area (Å²) in [6.07, 6.45) is 6.90. The van der Waals surface area contributed by atoms with E-state index in [1.54, 1.807) is 0 Å². The van der Waals surface area contributed by atoms with Crippen molar-refractivity contribution in [3.05, 3.63) is 34.3 Å². The quantitative estimate of drug-likeness (QED) is 0.844. The van der Waals surface area contributed by atoms with Crippen molar-refractivity contribution in [2.75, 3.05) is 13.1 Å². The molecule has 2 unspecified atom stereocenters. The average Bonchev–Trinajstić information content (AvgIpc) is 2.51. The Balaban J connectivity index is 1.76. The Morgan fingerprint density at radius 3 is 2.52 bits per heavy atom. The van der Waals surface area contributed by atoms with Gasteiger partial charge in [-0.25, -0.2) is 0 Å². The average molecular weight is 351 g/mol. The molecule has 2 fully saturated rings. The van der Waals surface area contributed by atoms with Gasteiger partial charge in [0.25, 0.3) is 0 Å². The van der Waals surface area contributed by atoms with Crippen molar-refractivity contribution in [3.63, 3.8) is 0 Å². The molecular formula is C18H27BrN2. The minimum atomic E-state index is 0.383. The summed E-state index contributed by atoms with van der Waals surface area (Å²) in [6, 6.07) is 9.95. The zero-order chi connectivity index (χ0) is 14.9. The van der Waals surface area contributed by atoms with Crippen molar-refractivity contribution in [2.45, 2.75) is 63.6 Å². The molecule has 1 spiro atoms. The number of hydrogen-bond acceptors (Lipinski definition) is 2. The van der Waals surface area contributed by atoms with Crippen LogP contribution in [0.1, 0.15) is 57.6 Å². The fraction of sp³-hybridized carbons (Fsp3) is 0.667. The number of benzene rings is 1. The van der Waals surface area contributed by atoms with Crippen LogP contribution in [0.15, 0.2) is 28.7 Å². The Kier molecular flexibility index (Phi) is 4.72. The van der Waals surface area contributed by atoms with Gasteiger partial charge < -0.3 is 5.32 Å². The molecule has 0 amide bonds. The molecule has 1 saturated heterocycles. The molecule has 1 saturated carbocycles. The topological polar surface area (TPSA) is 15.3 Å². The summed E-state index contributed by atoms with van der Waals surface area (Å²) in [7, 11) is 0. The van der Waals surface area contributed by atoms with Crippen molar-refractivity contribution in [1.82, 2.24) is 10.2 Å². The first-order valence-corrected chi connectivity index (χ1v) is 9.15. The standard InChI is InChI=1S/C18H27BrN2/c1-14-12-20-18(10-4-3-5-11-18)13-21(14)15(2)16-6-8-17(19)9-7-16/h6-9,14-15,20H,3-5,10-13H2,1-2H3. The first kappa shape index (κ1) is 15.5. The van der Waals surface area contributed by atoms with Crippen LogP contribution in [-0.4, -0.2) is 29.6 Å². The van der Waals surface area contributed by atoms with Crippen LogP contribution in [0, 0.1) is 0 Å². The molecule has 0 radical (unpaired) electrons. The van der Waals surface area contributed by atoms with Crippen LogP contribution in [-0.2, 0) is 0 Å². The normalized spacial score (nSPS) is 27.7. The van der Waals surface area contributed by atoms with Crippen LogP contribution >= 0.6 is 15.9 Å². The predicted molar refractivity (Wildman–Crippen MR) is 92.5 cm³/mol. The van der Waals surface area contributed by atoms with Gasteiger partial charge in [0.15, 0.2) is 0 Å². The fourth-order valence-corrected chi connectivity index (χ4v) is 4.32. The van der Waals surface area contributed by atoms with Gasteiger partial charge in [0.2, 0.25) is 0 Å². The number of halogens is 1. The zero-order valence-corrected chi connectivity index (χ0v) is 14.8. The van der Waals surface area contributed by atoms with Gasteiger partial charge in [0.1, 0.15) is 0 Å². The first-order chi connectivity index (χ1) is 10.1. The van der Waals surface area contributed by atoms with E-state index in [1.165, 1.54) is 44.2 Å². The van der Waals surface area contributed by atoms with Gasteiger partial charge in [-0.1, -0.05) is 47.3 Å². The Bertz CT molecular complexity index is 465. The monoisotopic (exact) mass is 350 g/mol. The van der Waals surface area contributed by atoms with E-state index >= 15 is 0 Å². The highest BCUT2D eigenvalue weighted by atomic mass is 79.9. The number of nitrogens with one attached hydrogen (secondary N) is 1. The number of hydrogen-bond donors (Lipinski definition) is 1. The molecule has 0 aromatic heterocycles. The van der Waals surface area contributed by atoms with Crippen LogP contribution in [0.2, 0.25) is 0 Å². The second-order valence-electron chi connectivity index (χ2n) is 6.97. The third kappa shape index (κ3) is 3.35. The summed E-state index contributed by atoms with van der Waals surface area (Å²) in [6.45, 7) is 7.05. The molecule has 1 aliphatic heterocycles. The van der Waals surface area contributed by atoms with Crippen LogP contribution in [0.4, 0.5) is 0 Å². The highest BCUT2D eigenvalue weighted by Crippen LogP contribution is 2.35. The van der Waals surface area contributed by atoms with Crippen molar-refractivity contribution in [2.24, 2.45) is 0 Å². The largest absolute Gasteiger partial charge is 0.308 e. The second-order valence-corrected chi connectivity index (χ2v) is 7.89. The van der Waals surface area contributed by atoms with Crippen molar-refractivity contribution < 1.29 is 0 Å². The lowest BCUT2D eigenvalue weighted by atomic mass is 9.79. The third-order valence-corrected chi connectivity index (χ3v) is 6.01. The molecule has 116 valence electrons. The van der Waals surface area contributed by atoms with Crippen molar-refractivity contribution >= 4 is 15.9 Å². The Morgan fingerprint density at radius 2 is 1.86 bits per heavy atom. The van der Waals surface area contributed by atoms with Crippen molar-refractivity contribution in [1.29, 1.82) is 0 Å². The second kappa shape index (κ2) is 6.39. The molecule has 1 aromatic carbocycles. The molecule has 2 aliphatic rings. The highest BCUT2D eigenvalue weighted by Gasteiger charge is 2.40. The number of rotatable bonds is 2. The molecule has 2 nitrogen and oxygen atoms in total. The van der Waals surface area contributed by atoms with E-state index in [-0.39, 0.29) is 0 Å². The van der Waals surface area contributed by atoms with Gasteiger partial charge >= 0.3 is 0 Å². The van der Waals surface area contributed by atoms with Crippen LogP contribution in [0.5, 0.6) is 0 Å². The molecule has 1 aliphatic carbocycles. The SMILES string of the molecule is CC1CNC2(CCCCC2)CN1C(C)c1ccc(Br)cc1. The molecular weight excluding hydrogens is 324 g/mol. The van der Waals surface area contributed by atoms with Gasteiger partial charge in [-0.3, -0.25) is 4.90 Å². The van der Waals surface area contributed by atoms with Gasteiger partial charge in [0.05, 0.1) is 0 Å². The molecule has 3 rings (SSSR count). The summed E-state index contributed by atoms with van der Waals surface area (Å²) in [4.78, 5) is 2.71. The summed E-state index contributed by atoms with van der Waals surface area (Å²) in [5, 5.41) is 3.88. The Hall–Kier alpha value is -0.380. The summed E-state index contributed by atoms with van der Waals surface area (Å²) in [5.74, 6) is 0. The number of nitrogens with zero attached hydrogens (tertiary/aromatic N) is 1. The maximum atomic E-state index is 3.88. The summed E-state index contributed by atoms with van der Waals surface area (Å²) in [5.41, 5.74) is 1.81. The summed E-state index contributed by atoms with van der Waals surface area (Å²) < 4.78 is 1.16. The third-order valence-electron chi connectivity index (χ3n) is 5.48. The van der Waals surface area contributed by atoms with Gasteiger partial charge in [-0.15, -0.1) is 0 Å². The lowest BCUT2D eigenvalue weighted by molar-refractivity contribution is 0.0355. The van der Waals surface area contributed by atoms with Crippen LogP contribution in [0.25, 0.3) is 0 Å². The lowest BCUT2D eigenvalue weighted by Crippen LogP contribution is -2.64. The number of piperazine rings is 1. The molecule has 21 heavy (non-hydrogen) atoms. The predicted octanol–water partition coefficient (Wildman–Crippen LogP) is 4.51. The molecule has 1 aromatic rings. The first-order valence-electron chi connectivity index (χ1n) is 8.36. The minimum Gasteiger partial charge on any atom is -0.308 e. The van der Waals surface area contributed by atoms with E-state index in [0.717, 1.165) is 11.0 Å². The van der Waals surface area contributed by atoms with Crippen molar-refractivity contribution in [3.8, 4) is 0 Å². The lowest BCUT2D eigenvalue weighted by Gasteiger charge is -2.51. The fourth-order valence-electron chi connectivity index (χ4n) is 4.06. The van der Waals surface area contributed by atoms with Gasteiger partial charge in [-0.2, -0.15) is 0 Å². The van der Waals surface area contributed by atoms with E-state index in [9.17, 15) is 0 Å². The van der Waals surface area contributed by atoms with Crippen LogP contribution < -0.4 is 5.32 Å². The molecule has 0 bridgehead atoms. The minimum absolute atomic E-state index is 0.383. The Morgan fingerprint density at radius 1 is 1.19 bits per heavy atom. The zero-order valence-electron chi connectivity index (χ0n) is 13.2. The van der Waals surface area contributed by atoms with E-state index in [1.807, 2.05) is 0 Å². The van der Waals surface area contributed by atoms with Crippen LogP contribution in [0.3, 0.4) is 0 Å². The maximum absolute atomic E-state index is 3.88. The smallest absolute Gasteiger partial charge is 0.0324 e. The van der Waals surface area contributed by atoms with E-state index in [4.69, 9.17) is 0 Å². The summed E-state index contributed by atoms with van der Waals surface area (Å²) >= 11 is 3.54. The molecule has 1 N–H and O–H groups in total. The highest BCUT2D eigenvalue weighted by molar-refractivity contribution is 9.10. The van der Waals surface area contributed by atoms with Gasteiger partial charge in [0, 0.05) is 35.2 Å². The van der Waals surface area contributed by atoms with E-state index < -0.39 is 0 Å². The van der Waals surface area contributed by atoms with E-state index in [2.05, 4.69) is 64.3 Å².